The fraction of sp³-hybridized carbons (Fsp3) is 0.600. The molecule has 2 fully saturated rings. The van der Waals surface area contributed by atoms with Crippen molar-refractivity contribution in [2.75, 3.05) is 39.2 Å². The van der Waals surface area contributed by atoms with E-state index >= 15 is 0 Å². The molecule has 1 heterocycles. The number of carbonyl (C=O) groups excluding carboxylic acids is 8. The molecule has 3 atom stereocenters. The van der Waals surface area contributed by atoms with Crippen molar-refractivity contribution in [2.24, 2.45) is 17.8 Å². The summed E-state index contributed by atoms with van der Waals surface area (Å²) in [5.74, 6) is -3.05. The maximum atomic E-state index is 13.0. The van der Waals surface area contributed by atoms with E-state index in [1.807, 2.05) is 19.9 Å². The Balaban J connectivity index is 1.34. The van der Waals surface area contributed by atoms with Crippen molar-refractivity contribution >= 4 is 58.2 Å². The predicted molar refractivity (Wildman–Crippen MR) is 188 cm³/mol. The third kappa shape index (κ3) is 14.4. The van der Waals surface area contributed by atoms with E-state index in [0.29, 0.717) is 25.8 Å². The van der Waals surface area contributed by atoms with Crippen LogP contribution in [0.5, 0.6) is 0 Å². The summed E-state index contributed by atoms with van der Waals surface area (Å²) in [7, 11) is 0. The SMILES string of the molecule is CSC(=O)[C@H](OCNC(=O)CNC(=O)[C@H](Cc1ccccc1)NC(=O)CNC(=O)CNC(=O)CCCCCN1C(=O)CC(C(C)C)C1=O)C1CC1. The Labute approximate surface area is 302 Å². The molecule has 280 valence electrons. The second kappa shape index (κ2) is 21.1. The van der Waals surface area contributed by atoms with Crippen LogP contribution in [-0.2, 0) is 49.5 Å². The first-order valence-corrected chi connectivity index (χ1v) is 18.6. The Morgan fingerprint density at radius 2 is 1.49 bits per heavy atom. The molecule has 1 aromatic rings. The van der Waals surface area contributed by atoms with Gasteiger partial charge in [-0.2, -0.15) is 0 Å². The summed E-state index contributed by atoms with van der Waals surface area (Å²) < 4.78 is 5.56. The van der Waals surface area contributed by atoms with E-state index in [4.69, 9.17) is 4.74 Å². The van der Waals surface area contributed by atoms with Gasteiger partial charge in [0.2, 0.25) is 46.5 Å². The molecule has 1 aliphatic carbocycles. The van der Waals surface area contributed by atoms with Crippen LogP contribution < -0.4 is 26.6 Å². The monoisotopic (exact) mass is 730 g/mol. The molecule has 1 aromatic carbocycles. The zero-order chi connectivity index (χ0) is 37.3. The number of hydrogen-bond acceptors (Lipinski definition) is 10. The molecule has 1 saturated carbocycles. The maximum Gasteiger partial charge on any atom is 0.243 e. The lowest BCUT2D eigenvalue weighted by molar-refractivity contribution is -0.140. The number of imide groups is 1. The molecule has 1 aliphatic heterocycles. The first-order chi connectivity index (χ1) is 24.4. The fourth-order valence-electron chi connectivity index (χ4n) is 5.49. The van der Waals surface area contributed by atoms with Gasteiger partial charge in [0.05, 0.1) is 19.6 Å². The van der Waals surface area contributed by atoms with Crippen LogP contribution in [0, 0.1) is 17.8 Å². The van der Waals surface area contributed by atoms with E-state index in [9.17, 15) is 38.4 Å². The normalized spacial score (nSPS) is 16.7. The van der Waals surface area contributed by atoms with E-state index in [-0.39, 0.29) is 79.7 Å². The van der Waals surface area contributed by atoms with Gasteiger partial charge in [0.25, 0.3) is 0 Å². The summed E-state index contributed by atoms with van der Waals surface area (Å²) in [6.07, 6.45) is 5.13. The molecule has 0 radical (unpaired) electrons. The van der Waals surface area contributed by atoms with Crippen molar-refractivity contribution in [3.63, 3.8) is 0 Å². The number of amides is 7. The van der Waals surface area contributed by atoms with E-state index in [0.717, 1.165) is 30.2 Å². The summed E-state index contributed by atoms with van der Waals surface area (Å²) in [6, 6.07) is 7.88. The molecular formula is C35H50N6O9S. The molecule has 1 unspecified atom stereocenters. The van der Waals surface area contributed by atoms with Crippen LogP contribution in [0.25, 0.3) is 0 Å². The summed E-state index contributed by atoms with van der Waals surface area (Å²) >= 11 is 1.07. The minimum atomic E-state index is -1.06. The minimum Gasteiger partial charge on any atom is -0.349 e. The number of likely N-dealkylation sites (tertiary alicyclic amines) is 1. The van der Waals surface area contributed by atoms with Gasteiger partial charge in [-0.25, -0.2) is 0 Å². The number of nitrogens with zero attached hydrogens (tertiary/aromatic N) is 1. The molecule has 1 saturated heterocycles. The molecule has 3 rings (SSSR count). The van der Waals surface area contributed by atoms with E-state index in [1.54, 1.807) is 30.5 Å². The third-order valence-corrected chi connectivity index (χ3v) is 9.27. The van der Waals surface area contributed by atoms with Crippen molar-refractivity contribution in [1.29, 1.82) is 0 Å². The van der Waals surface area contributed by atoms with Crippen LogP contribution in [0.2, 0.25) is 0 Å². The summed E-state index contributed by atoms with van der Waals surface area (Å²) in [5.41, 5.74) is 0.755. The second-order valence-corrected chi connectivity index (χ2v) is 13.8. The highest BCUT2D eigenvalue weighted by Crippen LogP contribution is 2.36. The van der Waals surface area contributed by atoms with Crippen molar-refractivity contribution in [1.82, 2.24) is 31.5 Å². The lowest BCUT2D eigenvalue weighted by Gasteiger charge is -2.19. The Bertz CT molecular complexity index is 1410. The number of thioether (sulfide) groups is 1. The number of unbranched alkanes of at least 4 members (excludes halogenated alkanes) is 2. The Morgan fingerprint density at radius 3 is 2.14 bits per heavy atom. The highest BCUT2D eigenvalue weighted by molar-refractivity contribution is 8.13. The summed E-state index contributed by atoms with van der Waals surface area (Å²) in [5, 5.41) is 12.4. The molecule has 5 N–H and O–H groups in total. The van der Waals surface area contributed by atoms with Gasteiger partial charge >= 0.3 is 0 Å². The highest BCUT2D eigenvalue weighted by atomic mass is 32.2. The van der Waals surface area contributed by atoms with Crippen LogP contribution in [0.1, 0.15) is 64.4 Å². The molecule has 7 amide bonds. The molecule has 0 aromatic heterocycles. The van der Waals surface area contributed by atoms with Gasteiger partial charge < -0.3 is 31.3 Å². The van der Waals surface area contributed by atoms with E-state index in [1.165, 1.54) is 4.90 Å². The fourth-order valence-corrected chi connectivity index (χ4v) is 5.98. The Morgan fingerprint density at radius 1 is 0.843 bits per heavy atom. The second-order valence-electron chi connectivity index (χ2n) is 13.0. The first-order valence-electron chi connectivity index (χ1n) is 17.3. The van der Waals surface area contributed by atoms with Crippen molar-refractivity contribution in [3.05, 3.63) is 35.9 Å². The van der Waals surface area contributed by atoms with Gasteiger partial charge in [-0.3, -0.25) is 43.3 Å². The first kappa shape index (κ1) is 41.1. The van der Waals surface area contributed by atoms with E-state index in [2.05, 4.69) is 26.6 Å². The zero-order valence-corrected chi connectivity index (χ0v) is 30.3. The van der Waals surface area contributed by atoms with Crippen LogP contribution in [-0.4, -0.2) is 103 Å². The smallest absolute Gasteiger partial charge is 0.243 e. The van der Waals surface area contributed by atoms with Gasteiger partial charge in [-0.05, 0) is 49.3 Å². The average Bonchev–Trinajstić information content (AvgIpc) is 3.91. The van der Waals surface area contributed by atoms with Gasteiger partial charge in [-0.15, -0.1) is 0 Å². The summed E-state index contributed by atoms with van der Waals surface area (Å²) in [4.78, 5) is 100. The van der Waals surface area contributed by atoms with Crippen LogP contribution in [0.3, 0.4) is 0 Å². The molecule has 0 bridgehead atoms. The topological polar surface area (TPSA) is 209 Å². The molecular weight excluding hydrogens is 680 g/mol. The third-order valence-electron chi connectivity index (χ3n) is 8.63. The average molecular weight is 731 g/mol. The number of benzene rings is 1. The lowest BCUT2D eigenvalue weighted by Crippen LogP contribution is -2.52. The molecule has 16 heteroatoms. The lowest BCUT2D eigenvalue weighted by atomic mass is 9.94. The highest BCUT2D eigenvalue weighted by Gasteiger charge is 2.39. The summed E-state index contributed by atoms with van der Waals surface area (Å²) in [6.45, 7) is 2.80. The molecule has 51 heavy (non-hydrogen) atoms. The Hall–Kier alpha value is -4.31. The standard InChI is InChI=1S/C35H50N6O9S/c1-22(2)25-17-31(46)41(34(25)48)15-9-5-8-12-27(42)36-18-28(43)37-20-30(45)40-26(16-23-10-6-4-7-11-23)33(47)38-19-29(44)39-21-50-32(24-13-14-24)35(49)51-3/h4,6-7,10-11,22,24-26,32H,5,8-9,12-21H2,1-3H3,(H,36,42)(H,37,43)(H,38,47)(H,39,44)(H,40,45)/t25?,26-,32+/m0/s1. The molecule has 0 spiro atoms. The number of ether oxygens (including phenoxy) is 1. The number of hydrogen-bond donors (Lipinski definition) is 5. The van der Waals surface area contributed by atoms with Crippen LogP contribution >= 0.6 is 11.8 Å². The predicted octanol–water partition coefficient (Wildman–Crippen LogP) is 0.413. The van der Waals surface area contributed by atoms with Gasteiger partial charge in [-0.1, -0.05) is 62.4 Å². The Kier molecular flexibility index (Phi) is 17.0. The van der Waals surface area contributed by atoms with E-state index < -0.39 is 42.3 Å². The van der Waals surface area contributed by atoms with Gasteiger partial charge in [0.15, 0.2) is 0 Å². The van der Waals surface area contributed by atoms with Crippen molar-refractivity contribution in [2.45, 2.75) is 77.4 Å². The number of nitrogens with one attached hydrogen (secondary N) is 5. The van der Waals surface area contributed by atoms with Gasteiger partial charge in [0.1, 0.15) is 18.9 Å². The van der Waals surface area contributed by atoms with Crippen molar-refractivity contribution in [3.8, 4) is 0 Å². The van der Waals surface area contributed by atoms with Crippen LogP contribution in [0.15, 0.2) is 30.3 Å². The number of carbonyl (C=O) groups is 8. The quantitative estimate of drug-likeness (QED) is 0.0631. The molecule has 15 nitrogen and oxygen atoms in total. The van der Waals surface area contributed by atoms with Crippen molar-refractivity contribution < 1.29 is 43.1 Å². The maximum absolute atomic E-state index is 13.0. The zero-order valence-electron chi connectivity index (χ0n) is 29.5. The van der Waals surface area contributed by atoms with Gasteiger partial charge in [0, 0.05) is 31.7 Å². The largest absolute Gasteiger partial charge is 0.349 e. The number of rotatable bonds is 22. The van der Waals surface area contributed by atoms with Crippen LogP contribution in [0.4, 0.5) is 0 Å². The minimum absolute atomic E-state index is 0.100. The molecule has 2 aliphatic rings.